The van der Waals surface area contributed by atoms with Crippen LogP contribution in [0, 0.1) is 11.8 Å². The molecule has 0 bridgehead atoms. The monoisotopic (exact) mass is 352 g/mol. The Morgan fingerprint density at radius 2 is 1.88 bits per heavy atom. The number of carbonyl (C=O) groups is 2. The van der Waals surface area contributed by atoms with Crippen LogP contribution in [0.3, 0.4) is 0 Å². The molecular formula is C21H20O5. The van der Waals surface area contributed by atoms with Gasteiger partial charge in [-0.3, -0.25) is 4.79 Å². The first kappa shape index (κ1) is 16.8. The SMILES string of the molecule is O=C1C[C@@H]2[C@@H](CO)[C@H](OC(=O)c3cccc(-c4ccccc4)c3)C[C@@H]2O1. The highest BCUT2D eigenvalue weighted by molar-refractivity contribution is 5.91. The van der Waals surface area contributed by atoms with Gasteiger partial charge in [-0.25, -0.2) is 4.79 Å². The molecule has 2 aromatic carbocycles. The third-order valence-corrected chi connectivity index (χ3v) is 5.33. The van der Waals surface area contributed by atoms with E-state index in [1.54, 1.807) is 12.1 Å². The molecule has 0 aromatic heterocycles. The van der Waals surface area contributed by atoms with Crippen molar-refractivity contribution in [3.05, 3.63) is 60.2 Å². The van der Waals surface area contributed by atoms with Gasteiger partial charge in [-0.1, -0.05) is 42.5 Å². The van der Waals surface area contributed by atoms with Crippen molar-refractivity contribution in [1.82, 2.24) is 0 Å². The normalized spacial score (nSPS) is 27.0. The molecular weight excluding hydrogens is 332 g/mol. The smallest absolute Gasteiger partial charge is 0.338 e. The van der Waals surface area contributed by atoms with Crippen LogP contribution in [0.4, 0.5) is 0 Å². The summed E-state index contributed by atoms with van der Waals surface area (Å²) in [6, 6.07) is 17.1. The minimum absolute atomic E-state index is 0.0686. The molecule has 1 saturated heterocycles. The molecule has 26 heavy (non-hydrogen) atoms. The summed E-state index contributed by atoms with van der Waals surface area (Å²) in [6.07, 6.45) is 0.0446. The van der Waals surface area contributed by atoms with Crippen LogP contribution in [0.5, 0.6) is 0 Å². The zero-order valence-electron chi connectivity index (χ0n) is 14.2. The summed E-state index contributed by atoms with van der Waals surface area (Å²) in [7, 11) is 0. The highest BCUT2D eigenvalue weighted by Crippen LogP contribution is 2.42. The molecule has 1 aliphatic carbocycles. The fraction of sp³-hybridized carbons (Fsp3) is 0.333. The van der Waals surface area contributed by atoms with Gasteiger partial charge in [-0.15, -0.1) is 0 Å². The lowest BCUT2D eigenvalue weighted by molar-refractivity contribution is -0.141. The van der Waals surface area contributed by atoms with Crippen LogP contribution in [0.2, 0.25) is 0 Å². The molecule has 0 radical (unpaired) electrons. The van der Waals surface area contributed by atoms with E-state index >= 15 is 0 Å². The van der Waals surface area contributed by atoms with Gasteiger partial charge >= 0.3 is 11.9 Å². The average molecular weight is 352 g/mol. The lowest BCUT2D eigenvalue weighted by Gasteiger charge is -2.21. The van der Waals surface area contributed by atoms with Crippen molar-refractivity contribution in [2.75, 3.05) is 6.61 Å². The number of fused-ring (bicyclic) bond motifs is 1. The van der Waals surface area contributed by atoms with E-state index in [1.165, 1.54) is 0 Å². The summed E-state index contributed by atoms with van der Waals surface area (Å²) in [5, 5.41) is 9.69. The van der Waals surface area contributed by atoms with Crippen molar-refractivity contribution in [3.8, 4) is 11.1 Å². The number of aliphatic hydroxyl groups is 1. The van der Waals surface area contributed by atoms with Crippen LogP contribution in [0.1, 0.15) is 23.2 Å². The van der Waals surface area contributed by atoms with Crippen LogP contribution >= 0.6 is 0 Å². The molecule has 4 rings (SSSR count). The number of esters is 2. The fourth-order valence-corrected chi connectivity index (χ4v) is 4.01. The Labute approximate surface area is 151 Å². The van der Waals surface area contributed by atoms with E-state index in [1.807, 2.05) is 42.5 Å². The Hall–Kier alpha value is -2.66. The zero-order chi connectivity index (χ0) is 18.1. The number of carbonyl (C=O) groups excluding carboxylic acids is 2. The molecule has 2 aliphatic rings. The van der Waals surface area contributed by atoms with Crippen molar-refractivity contribution in [1.29, 1.82) is 0 Å². The van der Waals surface area contributed by atoms with Gasteiger partial charge in [0.25, 0.3) is 0 Å². The molecule has 1 aliphatic heterocycles. The first-order valence-corrected chi connectivity index (χ1v) is 8.82. The van der Waals surface area contributed by atoms with E-state index in [9.17, 15) is 14.7 Å². The molecule has 5 heteroatoms. The molecule has 2 aromatic rings. The third kappa shape index (κ3) is 3.10. The summed E-state index contributed by atoms with van der Waals surface area (Å²) in [5.74, 6) is -0.982. The quantitative estimate of drug-likeness (QED) is 0.857. The van der Waals surface area contributed by atoms with Crippen LogP contribution in [0.25, 0.3) is 11.1 Å². The fourth-order valence-electron chi connectivity index (χ4n) is 4.01. The molecule has 1 saturated carbocycles. The highest BCUT2D eigenvalue weighted by Gasteiger charge is 2.51. The first-order valence-electron chi connectivity index (χ1n) is 8.82. The maximum Gasteiger partial charge on any atom is 0.338 e. The first-order chi connectivity index (χ1) is 12.7. The van der Waals surface area contributed by atoms with E-state index in [0.29, 0.717) is 12.0 Å². The van der Waals surface area contributed by atoms with Crippen LogP contribution in [0.15, 0.2) is 54.6 Å². The van der Waals surface area contributed by atoms with Crippen molar-refractivity contribution >= 4 is 11.9 Å². The second kappa shape index (κ2) is 6.92. The molecule has 2 fully saturated rings. The molecule has 5 nitrogen and oxygen atoms in total. The highest BCUT2D eigenvalue weighted by atomic mass is 16.6. The second-order valence-electron chi connectivity index (χ2n) is 6.87. The summed E-state index contributed by atoms with van der Waals surface area (Å²) >= 11 is 0. The summed E-state index contributed by atoms with van der Waals surface area (Å²) in [4.78, 5) is 24.0. The number of hydrogen-bond acceptors (Lipinski definition) is 5. The van der Waals surface area contributed by atoms with E-state index in [2.05, 4.69) is 0 Å². The van der Waals surface area contributed by atoms with Gasteiger partial charge < -0.3 is 14.6 Å². The maximum absolute atomic E-state index is 12.6. The van der Waals surface area contributed by atoms with Crippen LogP contribution in [-0.2, 0) is 14.3 Å². The number of hydrogen-bond donors (Lipinski definition) is 1. The van der Waals surface area contributed by atoms with E-state index in [0.717, 1.165) is 11.1 Å². The van der Waals surface area contributed by atoms with Gasteiger partial charge in [0.05, 0.1) is 12.0 Å². The molecule has 1 N–H and O–H groups in total. The van der Waals surface area contributed by atoms with Crippen LogP contribution in [-0.4, -0.2) is 35.9 Å². The van der Waals surface area contributed by atoms with Gasteiger partial charge in [0, 0.05) is 24.9 Å². The minimum Gasteiger partial charge on any atom is -0.462 e. The average Bonchev–Trinajstić information content (AvgIpc) is 3.17. The molecule has 1 heterocycles. The van der Waals surface area contributed by atoms with Gasteiger partial charge in [-0.2, -0.15) is 0 Å². The maximum atomic E-state index is 12.6. The Bertz CT molecular complexity index is 816. The standard InChI is InChI=1S/C21H20O5/c22-12-17-16-10-20(23)25-18(16)11-19(17)26-21(24)15-8-4-7-14(9-15)13-5-2-1-3-6-13/h1-9,16-19,22H,10-12H2/t16-,17-,18+,19-/m1/s1. The summed E-state index contributed by atoms with van der Waals surface area (Å²) in [6.45, 7) is -0.125. The Balaban J connectivity index is 1.50. The summed E-state index contributed by atoms with van der Waals surface area (Å²) in [5.41, 5.74) is 2.44. The van der Waals surface area contributed by atoms with E-state index in [-0.39, 0.29) is 36.9 Å². The number of aliphatic hydroxyl groups excluding tert-OH is 1. The third-order valence-electron chi connectivity index (χ3n) is 5.33. The largest absolute Gasteiger partial charge is 0.462 e. The molecule has 4 atom stereocenters. The predicted octanol–water partition coefficient (Wildman–Crippen LogP) is 2.82. The molecule has 0 amide bonds. The minimum atomic E-state index is -0.434. The van der Waals surface area contributed by atoms with Gasteiger partial charge in [0.2, 0.25) is 0 Å². The Morgan fingerprint density at radius 1 is 1.12 bits per heavy atom. The topological polar surface area (TPSA) is 72.8 Å². The lowest BCUT2D eigenvalue weighted by atomic mass is 9.93. The Kier molecular flexibility index (Phi) is 4.47. The van der Waals surface area contributed by atoms with Crippen molar-refractivity contribution in [3.63, 3.8) is 0 Å². The summed E-state index contributed by atoms with van der Waals surface area (Å²) < 4.78 is 10.9. The van der Waals surface area contributed by atoms with Crippen molar-refractivity contribution in [2.24, 2.45) is 11.8 Å². The molecule has 0 spiro atoms. The number of ether oxygens (including phenoxy) is 2. The van der Waals surface area contributed by atoms with Crippen molar-refractivity contribution in [2.45, 2.75) is 25.0 Å². The number of rotatable bonds is 4. The van der Waals surface area contributed by atoms with E-state index < -0.39 is 12.1 Å². The van der Waals surface area contributed by atoms with Gasteiger partial charge in [0.1, 0.15) is 12.2 Å². The lowest BCUT2D eigenvalue weighted by Crippen LogP contribution is -2.28. The Morgan fingerprint density at radius 3 is 2.65 bits per heavy atom. The second-order valence-corrected chi connectivity index (χ2v) is 6.87. The van der Waals surface area contributed by atoms with Crippen molar-refractivity contribution < 1.29 is 24.2 Å². The number of benzene rings is 2. The van der Waals surface area contributed by atoms with Crippen LogP contribution < -0.4 is 0 Å². The molecule has 134 valence electrons. The van der Waals surface area contributed by atoms with Gasteiger partial charge in [0.15, 0.2) is 0 Å². The van der Waals surface area contributed by atoms with Gasteiger partial charge in [-0.05, 0) is 23.3 Å². The predicted molar refractivity (Wildman–Crippen MR) is 94.3 cm³/mol. The zero-order valence-corrected chi connectivity index (χ0v) is 14.2. The molecule has 0 unspecified atom stereocenters. The van der Waals surface area contributed by atoms with E-state index in [4.69, 9.17) is 9.47 Å².